The maximum absolute atomic E-state index is 12.8. The van der Waals surface area contributed by atoms with Crippen LogP contribution in [0.2, 0.25) is 10.0 Å². The first-order chi connectivity index (χ1) is 16.8. The number of carbonyl (C=O) groups is 3. The molecule has 0 aliphatic carbocycles. The van der Waals surface area contributed by atoms with Gasteiger partial charge in [-0.2, -0.15) is 0 Å². The van der Waals surface area contributed by atoms with Gasteiger partial charge in [-0.15, -0.1) is 0 Å². The molecule has 2 amide bonds. The van der Waals surface area contributed by atoms with Crippen LogP contribution in [-0.4, -0.2) is 53.9 Å². The Morgan fingerprint density at radius 3 is 2.63 bits per heavy atom. The minimum absolute atomic E-state index is 0.0329. The SMILES string of the molecule is CCOC(=O)CN1CC(=O)N(c2ccc(Cl)c(COc3cccc4ccc(C)nc34)c2Cl)CC1=O. The molecule has 0 radical (unpaired) electrons. The summed E-state index contributed by atoms with van der Waals surface area (Å²) < 4.78 is 10.9. The second-order valence-electron chi connectivity index (χ2n) is 7.96. The summed E-state index contributed by atoms with van der Waals surface area (Å²) in [7, 11) is 0. The van der Waals surface area contributed by atoms with E-state index < -0.39 is 11.9 Å². The van der Waals surface area contributed by atoms with E-state index in [0.717, 1.165) is 16.6 Å². The third kappa shape index (κ3) is 5.33. The molecule has 0 atom stereocenters. The number of hydrogen-bond acceptors (Lipinski definition) is 6. The normalized spacial score (nSPS) is 13.9. The molecule has 3 aromatic rings. The van der Waals surface area contributed by atoms with Gasteiger partial charge in [-0.3, -0.25) is 19.3 Å². The zero-order valence-electron chi connectivity index (χ0n) is 19.2. The van der Waals surface area contributed by atoms with Gasteiger partial charge in [-0.05, 0) is 38.1 Å². The van der Waals surface area contributed by atoms with Crippen molar-refractivity contribution in [3.05, 3.63) is 63.8 Å². The topological polar surface area (TPSA) is 89.0 Å². The van der Waals surface area contributed by atoms with E-state index in [9.17, 15) is 14.4 Å². The van der Waals surface area contributed by atoms with Crippen LogP contribution in [0, 0.1) is 6.92 Å². The van der Waals surface area contributed by atoms with Gasteiger partial charge >= 0.3 is 5.97 Å². The molecule has 35 heavy (non-hydrogen) atoms. The summed E-state index contributed by atoms with van der Waals surface area (Å²) in [5, 5.41) is 1.51. The summed E-state index contributed by atoms with van der Waals surface area (Å²) in [6, 6.07) is 12.7. The summed E-state index contributed by atoms with van der Waals surface area (Å²) in [5.74, 6) is -0.760. The van der Waals surface area contributed by atoms with Gasteiger partial charge in [-0.25, -0.2) is 4.98 Å². The lowest BCUT2D eigenvalue weighted by Crippen LogP contribution is -2.55. The van der Waals surface area contributed by atoms with Crippen molar-refractivity contribution < 1.29 is 23.9 Å². The molecule has 4 rings (SSSR count). The Kier molecular flexibility index (Phi) is 7.42. The molecule has 1 aliphatic heterocycles. The lowest BCUT2D eigenvalue weighted by molar-refractivity contribution is -0.150. The Bertz CT molecular complexity index is 1310. The molecule has 1 aromatic heterocycles. The van der Waals surface area contributed by atoms with Gasteiger partial charge in [0, 0.05) is 21.7 Å². The number of nitrogens with zero attached hydrogens (tertiary/aromatic N) is 3. The lowest BCUT2D eigenvalue weighted by Gasteiger charge is -2.34. The summed E-state index contributed by atoms with van der Waals surface area (Å²) >= 11 is 13.1. The first-order valence-electron chi connectivity index (χ1n) is 11.0. The smallest absolute Gasteiger partial charge is 0.325 e. The van der Waals surface area contributed by atoms with Gasteiger partial charge in [-0.1, -0.05) is 41.4 Å². The maximum atomic E-state index is 12.8. The Labute approximate surface area is 212 Å². The Hall–Kier alpha value is -3.36. The third-order valence-corrected chi connectivity index (χ3v) is 6.33. The predicted octanol–water partition coefficient (Wildman–Crippen LogP) is 4.17. The average molecular weight is 516 g/mol. The van der Waals surface area contributed by atoms with Gasteiger partial charge in [0.2, 0.25) is 11.8 Å². The number of rotatable bonds is 7. The Balaban J connectivity index is 1.55. The number of esters is 1. The van der Waals surface area contributed by atoms with E-state index in [2.05, 4.69) is 4.98 Å². The zero-order chi connectivity index (χ0) is 25.1. The number of para-hydroxylation sites is 1. The van der Waals surface area contributed by atoms with Crippen molar-refractivity contribution in [2.24, 2.45) is 0 Å². The number of anilines is 1. The molecule has 0 spiro atoms. The highest BCUT2D eigenvalue weighted by atomic mass is 35.5. The fourth-order valence-electron chi connectivity index (χ4n) is 3.80. The standard InChI is InChI=1S/C25H23Cl2N3O5/c1-3-34-23(33)13-29-11-22(32)30(12-21(29)31)19-10-9-18(26)17(24(19)27)14-35-20-6-4-5-16-8-7-15(2)28-25(16)20/h4-10H,3,11-14H2,1-2H3. The average Bonchev–Trinajstić information content (AvgIpc) is 2.82. The van der Waals surface area contributed by atoms with Crippen LogP contribution in [0.4, 0.5) is 5.69 Å². The summed E-state index contributed by atoms with van der Waals surface area (Å²) in [4.78, 5) is 44.2. The van der Waals surface area contributed by atoms with Crippen LogP contribution in [0.25, 0.3) is 10.9 Å². The molecular formula is C25H23Cl2N3O5. The van der Waals surface area contributed by atoms with Gasteiger partial charge < -0.3 is 14.4 Å². The van der Waals surface area contributed by atoms with Crippen LogP contribution in [0.1, 0.15) is 18.2 Å². The van der Waals surface area contributed by atoms with Crippen molar-refractivity contribution in [2.45, 2.75) is 20.5 Å². The second-order valence-corrected chi connectivity index (χ2v) is 8.75. The summed E-state index contributed by atoms with van der Waals surface area (Å²) in [5.41, 5.74) is 2.40. The lowest BCUT2D eigenvalue weighted by atomic mass is 10.1. The number of hydrogen-bond donors (Lipinski definition) is 0. The number of benzene rings is 2. The van der Waals surface area contributed by atoms with E-state index in [1.165, 1.54) is 9.80 Å². The highest BCUT2D eigenvalue weighted by molar-refractivity contribution is 6.38. The van der Waals surface area contributed by atoms with Crippen LogP contribution < -0.4 is 9.64 Å². The van der Waals surface area contributed by atoms with E-state index in [1.807, 2.05) is 37.3 Å². The largest absolute Gasteiger partial charge is 0.487 e. The molecule has 0 unspecified atom stereocenters. The monoisotopic (exact) mass is 515 g/mol. The van der Waals surface area contributed by atoms with Crippen LogP contribution in [0.3, 0.4) is 0 Å². The molecule has 0 saturated carbocycles. The predicted molar refractivity (Wildman–Crippen MR) is 133 cm³/mol. The van der Waals surface area contributed by atoms with E-state index in [1.54, 1.807) is 19.1 Å². The quantitative estimate of drug-likeness (QED) is 0.438. The second kappa shape index (κ2) is 10.5. The minimum atomic E-state index is -0.566. The van der Waals surface area contributed by atoms with Crippen LogP contribution in [0.5, 0.6) is 5.75 Å². The minimum Gasteiger partial charge on any atom is -0.487 e. The molecule has 1 aliphatic rings. The van der Waals surface area contributed by atoms with Crippen molar-refractivity contribution >= 4 is 57.6 Å². The summed E-state index contributed by atoms with van der Waals surface area (Å²) in [6.07, 6.45) is 0. The zero-order valence-corrected chi connectivity index (χ0v) is 20.7. The van der Waals surface area contributed by atoms with Gasteiger partial charge in [0.05, 0.1) is 17.3 Å². The molecule has 182 valence electrons. The Morgan fingerprint density at radius 2 is 1.86 bits per heavy atom. The van der Waals surface area contributed by atoms with Gasteiger partial charge in [0.15, 0.2) is 0 Å². The highest BCUT2D eigenvalue weighted by Crippen LogP contribution is 2.36. The van der Waals surface area contributed by atoms with Crippen molar-refractivity contribution in [3.63, 3.8) is 0 Å². The number of pyridine rings is 1. The first-order valence-corrected chi connectivity index (χ1v) is 11.7. The number of aromatic nitrogens is 1. The van der Waals surface area contributed by atoms with E-state index in [-0.39, 0.29) is 43.8 Å². The maximum Gasteiger partial charge on any atom is 0.325 e. The van der Waals surface area contributed by atoms with Crippen molar-refractivity contribution in [1.82, 2.24) is 9.88 Å². The number of piperazine rings is 1. The highest BCUT2D eigenvalue weighted by Gasteiger charge is 2.33. The number of ether oxygens (including phenoxy) is 2. The van der Waals surface area contributed by atoms with E-state index in [4.69, 9.17) is 32.7 Å². The molecule has 2 heterocycles. The number of halogens is 2. The molecule has 0 N–H and O–H groups in total. The van der Waals surface area contributed by atoms with Crippen molar-refractivity contribution in [3.8, 4) is 5.75 Å². The molecule has 8 nitrogen and oxygen atoms in total. The van der Waals surface area contributed by atoms with Crippen molar-refractivity contribution in [1.29, 1.82) is 0 Å². The van der Waals surface area contributed by atoms with E-state index >= 15 is 0 Å². The first kappa shape index (κ1) is 24.8. The molecule has 1 saturated heterocycles. The molecule has 0 bridgehead atoms. The third-order valence-electron chi connectivity index (χ3n) is 5.55. The fourth-order valence-corrected chi connectivity index (χ4v) is 4.38. The van der Waals surface area contributed by atoms with Crippen LogP contribution >= 0.6 is 23.2 Å². The number of carbonyl (C=O) groups excluding carboxylic acids is 3. The van der Waals surface area contributed by atoms with Crippen LogP contribution in [-0.2, 0) is 25.7 Å². The molecule has 1 fully saturated rings. The molecule has 2 aromatic carbocycles. The van der Waals surface area contributed by atoms with Crippen LogP contribution in [0.15, 0.2) is 42.5 Å². The summed E-state index contributed by atoms with van der Waals surface area (Å²) in [6.45, 7) is 3.00. The van der Waals surface area contributed by atoms with Gasteiger partial charge in [0.25, 0.3) is 0 Å². The fraction of sp³-hybridized carbons (Fsp3) is 0.280. The van der Waals surface area contributed by atoms with E-state index in [0.29, 0.717) is 22.0 Å². The number of amides is 2. The van der Waals surface area contributed by atoms with Gasteiger partial charge in [0.1, 0.15) is 37.5 Å². The molecule has 10 heteroatoms. The molecular weight excluding hydrogens is 493 g/mol. The number of aryl methyl sites for hydroxylation is 1. The van der Waals surface area contributed by atoms with Crippen molar-refractivity contribution in [2.75, 3.05) is 31.1 Å². The Morgan fingerprint density at radius 1 is 1.06 bits per heavy atom. The number of fused-ring (bicyclic) bond motifs is 1.